The Balaban J connectivity index is 1.83. The molecule has 4 rings (SSSR count). The van der Waals surface area contributed by atoms with Gasteiger partial charge in [0.2, 0.25) is 0 Å². The molecule has 0 spiro atoms. The number of non-ortho nitro benzene ring substituents is 1. The average Bonchev–Trinajstić information content (AvgIpc) is 3.08. The first-order chi connectivity index (χ1) is 15.5. The molecule has 0 aliphatic carbocycles. The predicted octanol–water partition coefficient (Wildman–Crippen LogP) is 2.59. The summed E-state index contributed by atoms with van der Waals surface area (Å²) in [5, 5.41) is 20.7. The fourth-order valence-corrected chi connectivity index (χ4v) is 4.27. The molecule has 2 heterocycles. The molecule has 2 aromatic carbocycles. The number of methoxy groups -OCH3 is 1. The van der Waals surface area contributed by atoms with Crippen LogP contribution in [-0.2, 0) is 9.59 Å². The summed E-state index contributed by atoms with van der Waals surface area (Å²) in [5.41, 5.74) is 1.08. The second-order valence-electron chi connectivity index (χ2n) is 7.78. The van der Waals surface area contributed by atoms with E-state index in [4.69, 9.17) is 4.74 Å². The first-order valence-electron chi connectivity index (χ1n) is 10.3. The topological polar surface area (TPSA) is 113 Å². The van der Waals surface area contributed by atoms with Crippen molar-refractivity contribution in [2.45, 2.75) is 12.8 Å². The highest BCUT2D eigenvalue weighted by Gasteiger charge is 2.44. The van der Waals surface area contributed by atoms with Crippen molar-refractivity contribution < 1.29 is 24.4 Å². The lowest BCUT2D eigenvalue weighted by Crippen LogP contribution is -2.40. The maximum Gasteiger partial charge on any atom is 0.282 e. The Kier molecular flexibility index (Phi) is 5.91. The number of aliphatic hydroxyl groups excluding tert-OH is 1. The van der Waals surface area contributed by atoms with Crippen LogP contribution in [0.4, 0.5) is 11.4 Å². The van der Waals surface area contributed by atoms with Gasteiger partial charge in [0, 0.05) is 31.8 Å². The molecule has 0 saturated carbocycles. The second kappa shape index (κ2) is 8.80. The minimum atomic E-state index is -0.519. The van der Waals surface area contributed by atoms with E-state index >= 15 is 0 Å². The van der Waals surface area contributed by atoms with E-state index in [9.17, 15) is 24.8 Å². The van der Waals surface area contributed by atoms with Crippen molar-refractivity contribution in [3.05, 3.63) is 69.9 Å². The van der Waals surface area contributed by atoms with Crippen molar-refractivity contribution in [3.8, 4) is 5.75 Å². The molecular formula is C23H23N3O6. The Bertz CT molecular complexity index is 1100. The summed E-state index contributed by atoms with van der Waals surface area (Å²) in [6, 6.07) is 12.4. The van der Waals surface area contributed by atoms with Crippen LogP contribution in [0.5, 0.6) is 5.75 Å². The second-order valence-corrected chi connectivity index (χ2v) is 7.78. The van der Waals surface area contributed by atoms with Crippen LogP contribution in [0.3, 0.4) is 0 Å². The minimum absolute atomic E-state index is 0.00225. The first kappa shape index (κ1) is 21.5. The maximum absolute atomic E-state index is 13.6. The molecular weight excluding hydrogens is 414 g/mol. The number of anilines is 1. The molecule has 1 fully saturated rings. The van der Waals surface area contributed by atoms with E-state index in [1.807, 2.05) is 4.90 Å². The zero-order valence-corrected chi connectivity index (χ0v) is 17.6. The summed E-state index contributed by atoms with van der Waals surface area (Å²) in [7, 11) is 1.46. The van der Waals surface area contributed by atoms with Crippen molar-refractivity contribution in [2.75, 3.05) is 31.7 Å². The van der Waals surface area contributed by atoms with Gasteiger partial charge in [-0.1, -0.05) is 12.1 Å². The highest BCUT2D eigenvalue weighted by Crippen LogP contribution is 2.39. The molecule has 9 nitrogen and oxygen atoms in total. The number of benzene rings is 2. The van der Waals surface area contributed by atoms with Crippen LogP contribution < -0.4 is 9.64 Å². The van der Waals surface area contributed by atoms with Gasteiger partial charge in [-0.2, -0.15) is 0 Å². The molecule has 1 saturated heterocycles. The Morgan fingerprint density at radius 1 is 1.12 bits per heavy atom. The predicted molar refractivity (Wildman–Crippen MR) is 117 cm³/mol. The molecule has 1 atom stereocenters. The Hall–Kier alpha value is -3.72. The molecule has 2 aromatic rings. The van der Waals surface area contributed by atoms with Gasteiger partial charge in [-0.15, -0.1) is 0 Å². The molecule has 2 amide bonds. The Morgan fingerprint density at radius 2 is 1.84 bits per heavy atom. The maximum atomic E-state index is 13.6. The van der Waals surface area contributed by atoms with E-state index in [2.05, 4.69) is 0 Å². The summed E-state index contributed by atoms with van der Waals surface area (Å²) in [5.74, 6) is -0.621. The molecule has 32 heavy (non-hydrogen) atoms. The van der Waals surface area contributed by atoms with Crippen LogP contribution in [0.25, 0.3) is 5.57 Å². The van der Waals surface area contributed by atoms with Crippen LogP contribution in [-0.4, -0.2) is 53.6 Å². The van der Waals surface area contributed by atoms with Gasteiger partial charge in [-0.05, 0) is 48.6 Å². The fraction of sp³-hybridized carbons (Fsp3) is 0.304. The fourth-order valence-electron chi connectivity index (χ4n) is 4.27. The molecule has 9 heteroatoms. The Labute approximate surface area is 184 Å². The van der Waals surface area contributed by atoms with Crippen LogP contribution in [0.2, 0.25) is 0 Å². The molecule has 1 unspecified atom stereocenters. The number of nitrogens with zero attached hydrogens (tertiary/aromatic N) is 3. The molecule has 0 aromatic heterocycles. The number of nitro groups is 1. The van der Waals surface area contributed by atoms with Gasteiger partial charge in [0.15, 0.2) is 0 Å². The zero-order chi connectivity index (χ0) is 22.8. The highest BCUT2D eigenvalue weighted by atomic mass is 16.6. The number of para-hydroxylation sites is 2. The van der Waals surface area contributed by atoms with Gasteiger partial charge in [0.05, 0.1) is 23.3 Å². The quantitative estimate of drug-likeness (QED) is 0.420. The zero-order valence-electron chi connectivity index (χ0n) is 17.6. The molecule has 166 valence electrons. The number of likely N-dealkylation sites (tertiary alicyclic amines) is 1. The van der Waals surface area contributed by atoms with Crippen molar-refractivity contribution in [1.82, 2.24) is 4.90 Å². The number of ether oxygens (including phenoxy) is 1. The number of carbonyl (C=O) groups is 2. The number of carbonyl (C=O) groups excluding carboxylic acids is 2. The van der Waals surface area contributed by atoms with E-state index in [0.717, 1.165) is 17.7 Å². The number of imide groups is 1. The van der Waals surface area contributed by atoms with Crippen LogP contribution >= 0.6 is 0 Å². The van der Waals surface area contributed by atoms with Gasteiger partial charge in [0.1, 0.15) is 11.4 Å². The van der Waals surface area contributed by atoms with E-state index in [-0.39, 0.29) is 29.5 Å². The Morgan fingerprint density at radius 3 is 2.50 bits per heavy atom. The number of piperidine rings is 1. The lowest BCUT2D eigenvalue weighted by Gasteiger charge is -2.34. The number of hydrogen-bond donors (Lipinski definition) is 1. The van der Waals surface area contributed by atoms with Gasteiger partial charge >= 0.3 is 0 Å². The van der Waals surface area contributed by atoms with Crippen LogP contribution in [0.15, 0.2) is 54.2 Å². The number of nitro benzene ring substituents is 1. The lowest BCUT2D eigenvalue weighted by molar-refractivity contribution is -0.384. The molecule has 1 N–H and O–H groups in total. The third-order valence-electron chi connectivity index (χ3n) is 5.85. The highest BCUT2D eigenvalue weighted by molar-refractivity contribution is 6.45. The normalized spacial score (nSPS) is 19.0. The third kappa shape index (κ3) is 3.71. The third-order valence-corrected chi connectivity index (χ3v) is 5.85. The van der Waals surface area contributed by atoms with Crippen molar-refractivity contribution in [2.24, 2.45) is 5.92 Å². The molecule has 2 aliphatic rings. The van der Waals surface area contributed by atoms with Gasteiger partial charge in [-0.25, -0.2) is 4.90 Å². The summed E-state index contributed by atoms with van der Waals surface area (Å²) in [6.07, 6.45) is 1.61. The molecule has 2 aliphatic heterocycles. The summed E-state index contributed by atoms with van der Waals surface area (Å²) in [6.45, 7) is 1.01. The summed E-state index contributed by atoms with van der Waals surface area (Å²) < 4.78 is 5.37. The molecule has 0 bridgehead atoms. The first-order valence-corrected chi connectivity index (χ1v) is 10.3. The number of rotatable bonds is 6. The average molecular weight is 437 g/mol. The number of aliphatic hydroxyl groups is 1. The van der Waals surface area contributed by atoms with E-state index in [1.54, 1.807) is 24.3 Å². The number of hydrogen-bond acceptors (Lipinski definition) is 7. The van der Waals surface area contributed by atoms with E-state index in [0.29, 0.717) is 30.1 Å². The van der Waals surface area contributed by atoms with Gasteiger partial charge in [-0.3, -0.25) is 19.7 Å². The van der Waals surface area contributed by atoms with Crippen molar-refractivity contribution in [3.63, 3.8) is 0 Å². The lowest BCUT2D eigenvalue weighted by atomic mass is 9.97. The molecule has 0 radical (unpaired) electrons. The summed E-state index contributed by atoms with van der Waals surface area (Å²) in [4.78, 5) is 40.7. The minimum Gasteiger partial charge on any atom is -0.495 e. The van der Waals surface area contributed by atoms with Crippen LogP contribution in [0, 0.1) is 16.0 Å². The SMILES string of the molecule is COc1ccccc1N1C(=O)C(c2ccc([N+](=O)[O-])cc2)=C(N2CCCC(CO)C2)C1=O. The van der Waals surface area contributed by atoms with Crippen molar-refractivity contribution in [1.29, 1.82) is 0 Å². The van der Waals surface area contributed by atoms with E-state index < -0.39 is 16.7 Å². The summed E-state index contributed by atoms with van der Waals surface area (Å²) >= 11 is 0. The van der Waals surface area contributed by atoms with Gasteiger partial charge < -0.3 is 14.7 Å². The monoisotopic (exact) mass is 437 g/mol. The van der Waals surface area contributed by atoms with E-state index in [1.165, 1.54) is 31.4 Å². The standard InChI is InChI=1S/C23H23N3O6/c1-32-19-7-3-2-6-18(19)25-22(28)20(16-8-10-17(11-9-16)26(30)31)21(23(25)29)24-12-4-5-15(13-24)14-27/h2-3,6-11,15,27H,4-5,12-14H2,1H3. The smallest absolute Gasteiger partial charge is 0.282 e. The van der Waals surface area contributed by atoms with Crippen LogP contribution in [0.1, 0.15) is 18.4 Å². The largest absolute Gasteiger partial charge is 0.495 e. The number of amides is 2. The van der Waals surface area contributed by atoms with Gasteiger partial charge in [0.25, 0.3) is 17.5 Å². The van der Waals surface area contributed by atoms with Crippen molar-refractivity contribution >= 4 is 28.8 Å².